The zero-order chi connectivity index (χ0) is 30.8. The maximum absolute atomic E-state index is 15.1. The summed E-state index contributed by atoms with van der Waals surface area (Å²) in [5, 5.41) is 0. The van der Waals surface area contributed by atoms with E-state index in [0.717, 1.165) is 22.3 Å². The maximum atomic E-state index is 15.1. The van der Waals surface area contributed by atoms with Crippen molar-refractivity contribution in [3.63, 3.8) is 0 Å². The van der Waals surface area contributed by atoms with Crippen molar-refractivity contribution in [3.8, 4) is 0 Å². The molecular formula is C35H51BrO4. The lowest BCUT2D eigenvalue weighted by Gasteiger charge is -2.63. The van der Waals surface area contributed by atoms with Gasteiger partial charge in [-0.1, -0.05) is 83.3 Å². The predicted octanol–water partition coefficient (Wildman–Crippen LogP) is 8.88. The van der Waals surface area contributed by atoms with E-state index in [1.54, 1.807) is 13.8 Å². The number of hydrogen-bond acceptors (Lipinski definition) is 4. The van der Waals surface area contributed by atoms with Crippen molar-refractivity contribution in [1.29, 1.82) is 0 Å². The molecule has 0 aromatic rings. The lowest BCUT2D eigenvalue weighted by atomic mass is 9.36. The highest BCUT2D eigenvalue weighted by atomic mass is 79.9. The van der Waals surface area contributed by atoms with Gasteiger partial charge in [0.1, 0.15) is 4.32 Å². The van der Waals surface area contributed by atoms with Crippen molar-refractivity contribution in [1.82, 2.24) is 0 Å². The van der Waals surface area contributed by atoms with Gasteiger partial charge in [0.25, 0.3) is 0 Å². The summed E-state index contributed by atoms with van der Waals surface area (Å²) in [6.07, 6.45) is 10.5. The Labute approximate surface area is 251 Å². The Morgan fingerprint density at radius 1 is 0.800 bits per heavy atom. The fraction of sp³-hybridized carbons (Fsp3) is 0.657. The van der Waals surface area contributed by atoms with Crippen LogP contribution in [0.15, 0.2) is 46.6 Å². The molecular weight excluding hydrogens is 564 g/mol. The molecule has 2 fully saturated rings. The third-order valence-electron chi connectivity index (χ3n) is 9.19. The van der Waals surface area contributed by atoms with Gasteiger partial charge in [0.05, 0.1) is 5.41 Å². The number of fused-ring (bicyclic) bond motifs is 2. The van der Waals surface area contributed by atoms with Crippen LogP contribution in [0.1, 0.15) is 115 Å². The van der Waals surface area contributed by atoms with Crippen LogP contribution < -0.4 is 0 Å². The van der Waals surface area contributed by atoms with Crippen molar-refractivity contribution >= 4 is 39.1 Å². The highest BCUT2D eigenvalue weighted by Crippen LogP contribution is 2.68. The molecule has 0 saturated heterocycles. The van der Waals surface area contributed by atoms with E-state index in [9.17, 15) is 9.59 Å². The highest BCUT2D eigenvalue weighted by Gasteiger charge is 2.81. The molecule has 0 radical (unpaired) electrons. The smallest absolute Gasteiger partial charge is 0.178 e. The number of hydrogen-bond donors (Lipinski definition) is 0. The standard InChI is InChI=1S/C35H51BrO4/c1-22(2)13-12-18-32(11)27(15-14-23(3)4)21-33(19-16-24(5)6)29(38)34(36,20-17-25(7)8)31(40)35(32,30(33)39)28(37)26(9)10/h13-14,16-17,26-27H,12,15,18-21H2,1-11H3/t27-,32+,33+,34?,35+/m0/s1. The van der Waals surface area contributed by atoms with Crippen molar-refractivity contribution < 1.29 is 19.2 Å². The number of halogens is 1. The topological polar surface area (TPSA) is 68.3 Å². The summed E-state index contributed by atoms with van der Waals surface area (Å²) < 4.78 is -1.64. The molecule has 5 heteroatoms. The van der Waals surface area contributed by atoms with Crippen LogP contribution in [-0.4, -0.2) is 27.5 Å². The van der Waals surface area contributed by atoms with Crippen molar-refractivity contribution in [2.24, 2.45) is 28.1 Å². The normalized spacial score (nSPS) is 31.5. The summed E-state index contributed by atoms with van der Waals surface area (Å²) in [7, 11) is 0. The van der Waals surface area contributed by atoms with E-state index in [1.807, 2.05) is 74.5 Å². The number of alkyl halides is 1. The minimum atomic E-state index is -1.92. The minimum absolute atomic E-state index is 0.118. The number of rotatable bonds is 11. The van der Waals surface area contributed by atoms with E-state index in [2.05, 4.69) is 28.1 Å². The first-order chi connectivity index (χ1) is 18.3. The molecule has 0 aromatic carbocycles. The number of ketones is 4. The fourth-order valence-corrected chi connectivity index (χ4v) is 7.73. The van der Waals surface area contributed by atoms with Crippen LogP contribution in [0, 0.1) is 28.1 Å². The molecule has 2 rings (SSSR count). The van der Waals surface area contributed by atoms with E-state index < -0.39 is 38.1 Å². The quantitative estimate of drug-likeness (QED) is 0.132. The summed E-state index contributed by atoms with van der Waals surface area (Å²) in [4.78, 5) is 59.4. The van der Waals surface area contributed by atoms with Crippen LogP contribution >= 0.6 is 15.9 Å². The first kappa shape index (κ1) is 34.3. The molecule has 0 amide bonds. The van der Waals surface area contributed by atoms with Gasteiger partial charge in [-0.3, -0.25) is 19.2 Å². The van der Waals surface area contributed by atoms with E-state index in [0.29, 0.717) is 25.7 Å². The Morgan fingerprint density at radius 3 is 1.77 bits per heavy atom. The van der Waals surface area contributed by atoms with Crippen LogP contribution in [0.25, 0.3) is 0 Å². The first-order valence-electron chi connectivity index (χ1n) is 14.8. The number of carbonyl (C=O) groups is 4. The van der Waals surface area contributed by atoms with E-state index in [4.69, 9.17) is 0 Å². The number of Topliss-reactive ketones (excluding diaryl/α,β-unsaturated/α-hetero) is 4. The molecule has 2 saturated carbocycles. The molecule has 0 aromatic heterocycles. The van der Waals surface area contributed by atoms with E-state index >= 15 is 9.59 Å². The lowest BCUT2D eigenvalue weighted by molar-refractivity contribution is -0.188. The number of allylic oxidation sites excluding steroid dienone is 8. The van der Waals surface area contributed by atoms with E-state index in [1.165, 1.54) is 0 Å². The highest BCUT2D eigenvalue weighted by molar-refractivity contribution is 9.10. The van der Waals surface area contributed by atoms with Gasteiger partial charge < -0.3 is 0 Å². The molecule has 0 N–H and O–H groups in total. The van der Waals surface area contributed by atoms with Gasteiger partial charge in [0, 0.05) is 5.92 Å². The Bertz CT molecular complexity index is 1160. The fourth-order valence-electron chi connectivity index (χ4n) is 6.89. The minimum Gasteiger partial charge on any atom is -0.298 e. The van der Waals surface area contributed by atoms with Crippen molar-refractivity contribution in [3.05, 3.63) is 46.6 Å². The number of carbonyl (C=O) groups excluding carboxylic acids is 4. The van der Waals surface area contributed by atoms with Gasteiger partial charge in [0.15, 0.2) is 28.5 Å². The first-order valence-corrected chi connectivity index (χ1v) is 15.5. The molecule has 1 unspecified atom stereocenters. The van der Waals surface area contributed by atoms with Crippen LogP contribution in [-0.2, 0) is 19.2 Å². The summed E-state index contributed by atoms with van der Waals surface area (Å²) in [6.45, 7) is 21.4. The van der Waals surface area contributed by atoms with Gasteiger partial charge in [-0.2, -0.15) is 0 Å². The molecule has 5 atom stereocenters. The largest absolute Gasteiger partial charge is 0.298 e. The molecule has 222 valence electrons. The Morgan fingerprint density at radius 2 is 1.30 bits per heavy atom. The van der Waals surface area contributed by atoms with Gasteiger partial charge >= 0.3 is 0 Å². The monoisotopic (exact) mass is 614 g/mol. The average Bonchev–Trinajstić information content (AvgIpc) is 2.84. The molecule has 2 aliphatic rings. The van der Waals surface area contributed by atoms with Crippen molar-refractivity contribution in [2.45, 2.75) is 119 Å². The summed E-state index contributed by atoms with van der Waals surface area (Å²) in [5.41, 5.74) is -0.0848. The van der Waals surface area contributed by atoms with Crippen LogP contribution in [0.4, 0.5) is 0 Å². The molecule has 0 aliphatic heterocycles. The zero-order valence-corrected chi connectivity index (χ0v) is 28.3. The molecule has 0 spiro atoms. The second-order valence-corrected chi connectivity index (χ2v) is 15.1. The Kier molecular flexibility index (Phi) is 10.8. The lowest BCUT2D eigenvalue weighted by Crippen LogP contribution is -2.78. The molecule has 40 heavy (non-hydrogen) atoms. The van der Waals surface area contributed by atoms with Crippen LogP contribution in [0.3, 0.4) is 0 Å². The maximum Gasteiger partial charge on any atom is 0.178 e. The van der Waals surface area contributed by atoms with Gasteiger partial charge in [0.2, 0.25) is 0 Å². The van der Waals surface area contributed by atoms with Gasteiger partial charge in [-0.25, -0.2) is 0 Å². The molecule has 2 aliphatic carbocycles. The summed E-state index contributed by atoms with van der Waals surface area (Å²) >= 11 is 3.67. The second kappa shape index (κ2) is 12.5. The third kappa shape index (κ3) is 5.74. The molecule has 0 heterocycles. The van der Waals surface area contributed by atoms with Crippen LogP contribution in [0.2, 0.25) is 0 Å². The molecule has 4 nitrogen and oxygen atoms in total. The zero-order valence-electron chi connectivity index (χ0n) is 26.7. The Hall–Kier alpha value is -1.88. The van der Waals surface area contributed by atoms with E-state index in [-0.39, 0.29) is 30.3 Å². The average molecular weight is 616 g/mol. The summed E-state index contributed by atoms with van der Waals surface area (Å²) in [5.74, 6) is -2.50. The Balaban J connectivity index is 3.12. The third-order valence-corrected chi connectivity index (χ3v) is 10.2. The van der Waals surface area contributed by atoms with Gasteiger partial charge in [-0.05, 0) is 105 Å². The van der Waals surface area contributed by atoms with Crippen LogP contribution in [0.5, 0.6) is 0 Å². The SMILES string of the molecule is CC(C)=CCC[C@]1(C)[C@@H](CC=C(C)C)C[C@]2(CC=C(C)C)C(=O)C(Br)(CC=C(C)C)C(=O)[C@@]1(C(=O)C(C)C)C2=O. The van der Waals surface area contributed by atoms with Gasteiger partial charge in [-0.15, -0.1) is 0 Å². The predicted molar refractivity (Wildman–Crippen MR) is 168 cm³/mol. The van der Waals surface area contributed by atoms with Crippen molar-refractivity contribution in [2.75, 3.05) is 0 Å². The second-order valence-electron chi connectivity index (χ2n) is 13.8. The summed E-state index contributed by atoms with van der Waals surface area (Å²) in [6, 6.07) is 0. The molecule has 2 bridgehead atoms.